The van der Waals surface area contributed by atoms with Gasteiger partial charge in [-0.1, -0.05) is 19.9 Å². The van der Waals surface area contributed by atoms with E-state index >= 15 is 0 Å². The minimum atomic E-state index is 0.433. The number of hydrogen-bond acceptors (Lipinski definition) is 2. The van der Waals surface area contributed by atoms with Crippen LogP contribution in [0.25, 0.3) is 0 Å². The summed E-state index contributed by atoms with van der Waals surface area (Å²) < 4.78 is 5.31. The van der Waals surface area contributed by atoms with E-state index in [9.17, 15) is 0 Å². The van der Waals surface area contributed by atoms with Crippen LogP contribution in [0.3, 0.4) is 0 Å². The summed E-state index contributed by atoms with van der Waals surface area (Å²) in [7, 11) is 1.72. The summed E-state index contributed by atoms with van der Waals surface area (Å²) in [4.78, 5) is 0. The third-order valence-corrected chi connectivity index (χ3v) is 4.71. The summed E-state index contributed by atoms with van der Waals surface area (Å²) in [6, 6.07) is 6.46. The molecule has 0 radical (unpaired) electrons. The predicted octanol–water partition coefficient (Wildman–Crippen LogP) is 3.87. The molecule has 1 aromatic carbocycles. The van der Waals surface area contributed by atoms with Crippen molar-refractivity contribution in [2.45, 2.75) is 46.0 Å². The van der Waals surface area contributed by atoms with Crippen molar-refractivity contribution >= 4 is 0 Å². The average Bonchev–Trinajstić information content (AvgIpc) is 2.37. The zero-order valence-corrected chi connectivity index (χ0v) is 12.7. The first-order chi connectivity index (χ1) is 8.96. The SMILES string of the molecule is COc1ccc(C2CC(C)(C)CCC2CN)c(C)c1. The maximum absolute atomic E-state index is 6.00. The fraction of sp³-hybridized carbons (Fsp3) is 0.647. The van der Waals surface area contributed by atoms with Crippen molar-refractivity contribution in [3.05, 3.63) is 29.3 Å². The third-order valence-electron chi connectivity index (χ3n) is 4.71. The van der Waals surface area contributed by atoms with Crippen LogP contribution in [0.5, 0.6) is 5.75 Å². The molecule has 0 aliphatic heterocycles. The Hall–Kier alpha value is -1.02. The van der Waals surface area contributed by atoms with Gasteiger partial charge in [0.15, 0.2) is 0 Å². The summed E-state index contributed by atoms with van der Waals surface area (Å²) in [6.07, 6.45) is 3.78. The Kier molecular flexibility index (Phi) is 4.19. The molecule has 0 amide bonds. The molecule has 1 aromatic rings. The molecule has 2 rings (SSSR count). The second kappa shape index (κ2) is 5.54. The average molecular weight is 261 g/mol. The molecule has 2 unspecified atom stereocenters. The van der Waals surface area contributed by atoms with Gasteiger partial charge in [-0.05, 0) is 73.2 Å². The fourth-order valence-corrected chi connectivity index (χ4v) is 3.48. The van der Waals surface area contributed by atoms with Gasteiger partial charge >= 0.3 is 0 Å². The highest BCUT2D eigenvalue weighted by molar-refractivity contribution is 5.37. The number of nitrogens with two attached hydrogens (primary N) is 1. The number of rotatable bonds is 3. The molecule has 0 saturated heterocycles. The van der Waals surface area contributed by atoms with Gasteiger partial charge in [-0.3, -0.25) is 0 Å². The standard InChI is InChI=1S/C17H27NO/c1-12-9-14(19-4)5-6-15(12)16-10-17(2,3)8-7-13(16)11-18/h5-6,9,13,16H,7-8,10-11,18H2,1-4H3. The van der Waals surface area contributed by atoms with Crippen molar-refractivity contribution < 1.29 is 4.74 Å². The Morgan fingerprint density at radius 1 is 1.37 bits per heavy atom. The summed E-state index contributed by atoms with van der Waals surface area (Å²) in [5.74, 6) is 2.17. The molecule has 2 heteroatoms. The molecule has 0 spiro atoms. The quantitative estimate of drug-likeness (QED) is 0.896. The third kappa shape index (κ3) is 3.11. The van der Waals surface area contributed by atoms with Gasteiger partial charge in [0, 0.05) is 0 Å². The number of benzene rings is 1. The van der Waals surface area contributed by atoms with E-state index < -0.39 is 0 Å². The molecule has 2 nitrogen and oxygen atoms in total. The fourth-order valence-electron chi connectivity index (χ4n) is 3.48. The lowest BCUT2D eigenvalue weighted by molar-refractivity contribution is 0.165. The normalized spacial score (nSPS) is 26.2. The first-order valence-electron chi connectivity index (χ1n) is 7.31. The molecule has 0 aromatic heterocycles. The topological polar surface area (TPSA) is 35.2 Å². The van der Waals surface area contributed by atoms with Crippen LogP contribution in [-0.2, 0) is 0 Å². The van der Waals surface area contributed by atoms with Gasteiger partial charge in [-0.2, -0.15) is 0 Å². The van der Waals surface area contributed by atoms with E-state index in [-0.39, 0.29) is 0 Å². The van der Waals surface area contributed by atoms with Crippen LogP contribution in [0.15, 0.2) is 18.2 Å². The van der Waals surface area contributed by atoms with Crippen molar-refractivity contribution in [2.75, 3.05) is 13.7 Å². The Morgan fingerprint density at radius 2 is 2.11 bits per heavy atom. The van der Waals surface area contributed by atoms with Gasteiger partial charge in [0.2, 0.25) is 0 Å². The van der Waals surface area contributed by atoms with Crippen LogP contribution in [0.1, 0.15) is 50.2 Å². The van der Waals surface area contributed by atoms with E-state index in [0.717, 1.165) is 12.3 Å². The van der Waals surface area contributed by atoms with Crippen LogP contribution in [-0.4, -0.2) is 13.7 Å². The lowest BCUT2D eigenvalue weighted by atomic mass is 9.64. The Morgan fingerprint density at radius 3 is 2.68 bits per heavy atom. The van der Waals surface area contributed by atoms with Crippen LogP contribution in [0.4, 0.5) is 0 Å². The van der Waals surface area contributed by atoms with E-state index in [1.165, 1.54) is 30.4 Å². The zero-order valence-electron chi connectivity index (χ0n) is 12.7. The highest BCUT2D eigenvalue weighted by Gasteiger charge is 2.35. The summed E-state index contributed by atoms with van der Waals surface area (Å²) in [6.45, 7) is 7.75. The predicted molar refractivity (Wildman–Crippen MR) is 80.6 cm³/mol. The number of methoxy groups -OCH3 is 1. The van der Waals surface area contributed by atoms with Gasteiger partial charge < -0.3 is 10.5 Å². The summed E-state index contributed by atoms with van der Waals surface area (Å²) in [5, 5.41) is 0. The molecule has 1 aliphatic rings. The first-order valence-corrected chi connectivity index (χ1v) is 7.31. The maximum atomic E-state index is 6.00. The van der Waals surface area contributed by atoms with E-state index in [1.54, 1.807) is 7.11 Å². The highest BCUT2D eigenvalue weighted by Crippen LogP contribution is 2.47. The van der Waals surface area contributed by atoms with Crippen LogP contribution in [0, 0.1) is 18.3 Å². The largest absolute Gasteiger partial charge is 0.497 e. The van der Waals surface area contributed by atoms with Crippen molar-refractivity contribution in [3.63, 3.8) is 0 Å². The number of ether oxygens (including phenoxy) is 1. The highest BCUT2D eigenvalue weighted by atomic mass is 16.5. The molecular weight excluding hydrogens is 234 g/mol. The van der Waals surface area contributed by atoms with E-state index in [1.807, 2.05) is 0 Å². The lowest BCUT2D eigenvalue weighted by Gasteiger charge is -2.41. The summed E-state index contributed by atoms with van der Waals surface area (Å²) in [5.41, 5.74) is 9.23. The lowest BCUT2D eigenvalue weighted by Crippen LogP contribution is -2.33. The second-order valence-corrected chi connectivity index (χ2v) is 6.73. The van der Waals surface area contributed by atoms with Gasteiger partial charge in [-0.25, -0.2) is 0 Å². The van der Waals surface area contributed by atoms with Crippen LogP contribution in [0.2, 0.25) is 0 Å². The van der Waals surface area contributed by atoms with E-state index in [4.69, 9.17) is 10.5 Å². The van der Waals surface area contributed by atoms with Gasteiger partial charge in [0.25, 0.3) is 0 Å². The van der Waals surface area contributed by atoms with Crippen molar-refractivity contribution in [1.29, 1.82) is 0 Å². The Labute approximate surface area is 117 Å². The Balaban J connectivity index is 2.31. The molecular formula is C17H27NO. The van der Waals surface area contributed by atoms with Gasteiger partial charge in [0.05, 0.1) is 7.11 Å². The molecule has 1 saturated carbocycles. The first kappa shape index (κ1) is 14.4. The minimum absolute atomic E-state index is 0.433. The number of hydrogen-bond donors (Lipinski definition) is 1. The molecule has 106 valence electrons. The molecule has 1 fully saturated rings. The molecule has 0 heterocycles. The van der Waals surface area contributed by atoms with E-state index in [0.29, 0.717) is 17.3 Å². The number of aryl methyl sites for hydroxylation is 1. The molecule has 0 bridgehead atoms. The molecule has 1 aliphatic carbocycles. The van der Waals surface area contributed by atoms with Gasteiger partial charge in [0.1, 0.15) is 5.75 Å². The summed E-state index contributed by atoms with van der Waals surface area (Å²) >= 11 is 0. The van der Waals surface area contributed by atoms with Crippen molar-refractivity contribution in [1.82, 2.24) is 0 Å². The smallest absolute Gasteiger partial charge is 0.119 e. The Bertz CT molecular complexity index is 439. The van der Waals surface area contributed by atoms with Crippen LogP contribution >= 0.6 is 0 Å². The minimum Gasteiger partial charge on any atom is -0.497 e. The molecule has 19 heavy (non-hydrogen) atoms. The van der Waals surface area contributed by atoms with Crippen molar-refractivity contribution in [3.8, 4) is 5.75 Å². The van der Waals surface area contributed by atoms with Gasteiger partial charge in [-0.15, -0.1) is 0 Å². The zero-order chi connectivity index (χ0) is 14.0. The maximum Gasteiger partial charge on any atom is 0.119 e. The molecule has 2 atom stereocenters. The molecule has 2 N–H and O–H groups in total. The monoisotopic (exact) mass is 261 g/mol. The van der Waals surface area contributed by atoms with E-state index in [2.05, 4.69) is 39.0 Å². The van der Waals surface area contributed by atoms with Crippen molar-refractivity contribution in [2.24, 2.45) is 17.1 Å². The van der Waals surface area contributed by atoms with Crippen LogP contribution < -0.4 is 10.5 Å². The second-order valence-electron chi connectivity index (χ2n) is 6.73.